The number of ether oxygens (including phenoxy) is 1. The highest BCUT2D eigenvalue weighted by atomic mass is 35.5. The standard InChI is InChI=1S/C20H18ClN3O3/c1-13-7-8-14(21)11-17(13)22-19(25)12-24-20(26)10-9-16(23-24)15-5-3-4-6-18(15)27-2/h3-11H,12H2,1-2H3,(H,22,25). The first-order valence-electron chi connectivity index (χ1n) is 8.25. The van der Waals surface area contributed by atoms with Gasteiger partial charge in [0, 0.05) is 22.3 Å². The average molecular weight is 384 g/mol. The zero-order chi connectivity index (χ0) is 19.4. The number of para-hydroxylation sites is 1. The number of amides is 1. The fourth-order valence-corrected chi connectivity index (χ4v) is 2.79. The van der Waals surface area contributed by atoms with Gasteiger partial charge in [0.15, 0.2) is 0 Å². The molecule has 6 nitrogen and oxygen atoms in total. The van der Waals surface area contributed by atoms with E-state index < -0.39 is 0 Å². The molecule has 0 fully saturated rings. The van der Waals surface area contributed by atoms with Crippen LogP contribution in [0, 0.1) is 6.92 Å². The van der Waals surface area contributed by atoms with Gasteiger partial charge in [-0.15, -0.1) is 0 Å². The lowest BCUT2D eigenvalue weighted by Crippen LogP contribution is -2.29. The van der Waals surface area contributed by atoms with E-state index in [1.165, 1.54) is 6.07 Å². The Hall–Kier alpha value is -3.12. The van der Waals surface area contributed by atoms with Crippen LogP contribution in [-0.2, 0) is 11.3 Å². The highest BCUT2D eigenvalue weighted by Crippen LogP contribution is 2.27. The van der Waals surface area contributed by atoms with Gasteiger partial charge < -0.3 is 10.1 Å². The van der Waals surface area contributed by atoms with Gasteiger partial charge in [0.05, 0.1) is 12.8 Å². The fraction of sp³-hybridized carbons (Fsp3) is 0.150. The third kappa shape index (κ3) is 4.35. The average Bonchev–Trinajstić information content (AvgIpc) is 2.66. The van der Waals surface area contributed by atoms with Crippen LogP contribution in [0.2, 0.25) is 5.02 Å². The van der Waals surface area contributed by atoms with Gasteiger partial charge in [-0.3, -0.25) is 9.59 Å². The van der Waals surface area contributed by atoms with E-state index in [4.69, 9.17) is 16.3 Å². The molecule has 1 heterocycles. The molecular weight excluding hydrogens is 366 g/mol. The van der Waals surface area contributed by atoms with Gasteiger partial charge >= 0.3 is 0 Å². The van der Waals surface area contributed by atoms with Crippen molar-refractivity contribution in [3.63, 3.8) is 0 Å². The highest BCUT2D eigenvalue weighted by molar-refractivity contribution is 6.31. The van der Waals surface area contributed by atoms with Crippen molar-refractivity contribution in [2.75, 3.05) is 12.4 Å². The number of aromatic nitrogens is 2. The second-order valence-electron chi connectivity index (χ2n) is 5.92. The van der Waals surface area contributed by atoms with Crippen molar-refractivity contribution in [2.45, 2.75) is 13.5 Å². The molecule has 27 heavy (non-hydrogen) atoms. The SMILES string of the molecule is COc1ccccc1-c1ccc(=O)n(CC(=O)Nc2cc(Cl)ccc2C)n1. The summed E-state index contributed by atoms with van der Waals surface area (Å²) < 4.78 is 6.46. The lowest BCUT2D eigenvalue weighted by atomic mass is 10.1. The van der Waals surface area contributed by atoms with Gasteiger partial charge in [-0.25, -0.2) is 4.68 Å². The molecule has 0 unspecified atom stereocenters. The Balaban J connectivity index is 1.86. The Bertz CT molecular complexity index is 1050. The monoisotopic (exact) mass is 383 g/mol. The lowest BCUT2D eigenvalue weighted by Gasteiger charge is -2.11. The van der Waals surface area contributed by atoms with Crippen molar-refractivity contribution in [3.05, 3.63) is 75.5 Å². The van der Waals surface area contributed by atoms with Gasteiger partial charge in [-0.1, -0.05) is 29.8 Å². The summed E-state index contributed by atoms with van der Waals surface area (Å²) in [6.07, 6.45) is 0. The number of halogens is 1. The summed E-state index contributed by atoms with van der Waals surface area (Å²) in [7, 11) is 1.57. The lowest BCUT2D eigenvalue weighted by molar-refractivity contribution is -0.117. The molecule has 0 bridgehead atoms. The van der Waals surface area contributed by atoms with E-state index in [1.807, 2.05) is 31.2 Å². The van der Waals surface area contributed by atoms with Crippen molar-refractivity contribution in [2.24, 2.45) is 0 Å². The molecule has 0 aliphatic heterocycles. The molecule has 1 amide bonds. The van der Waals surface area contributed by atoms with Gasteiger partial charge in [0.2, 0.25) is 5.91 Å². The number of anilines is 1. The topological polar surface area (TPSA) is 73.2 Å². The normalized spacial score (nSPS) is 10.5. The number of aryl methyl sites for hydroxylation is 1. The van der Waals surface area contributed by atoms with Gasteiger partial charge in [-0.05, 0) is 42.8 Å². The predicted molar refractivity (Wildman–Crippen MR) is 105 cm³/mol. The number of hydrogen-bond donors (Lipinski definition) is 1. The maximum atomic E-state index is 12.4. The summed E-state index contributed by atoms with van der Waals surface area (Å²) >= 11 is 5.97. The maximum absolute atomic E-state index is 12.4. The molecule has 0 spiro atoms. The van der Waals surface area contributed by atoms with E-state index in [0.29, 0.717) is 22.2 Å². The second-order valence-corrected chi connectivity index (χ2v) is 6.36. The zero-order valence-electron chi connectivity index (χ0n) is 14.9. The minimum Gasteiger partial charge on any atom is -0.496 e. The second kappa shape index (κ2) is 8.05. The Morgan fingerprint density at radius 3 is 2.74 bits per heavy atom. The predicted octanol–water partition coefficient (Wildman–Crippen LogP) is 3.52. The van der Waals surface area contributed by atoms with Crippen LogP contribution in [0.1, 0.15) is 5.56 Å². The van der Waals surface area contributed by atoms with E-state index in [-0.39, 0.29) is 18.0 Å². The summed E-state index contributed by atoms with van der Waals surface area (Å²) in [5.41, 5.74) is 2.38. The molecule has 0 radical (unpaired) electrons. The Labute approximate surface area is 161 Å². The summed E-state index contributed by atoms with van der Waals surface area (Å²) in [6, 6.07) is 15.5. The summed E-state index contributed by atoms with van der Waals surface area (Å²) in [5, 5.41) is 7.59. The Morgan fingerprint density at radius 1 is 1.19 bits per heavy atom. The van der Waals surface area contributed by atoms with E-state index in [9.17, 15) is 9.59 Å². The first kappa shape index (κ1) is 18.7. The quantitative estimate of drug-likeness (QED) is 0.731. The zero-order valence-corrected chi connectivity index (χ0v) is 15.7. The van der Waals surface area contributed by atoms with Crippen molar-refractivity contribution in [1.29, 1.82) is 0 Å². The summed E-state index contributed by atoms with van der Waals surface area (Å²) in [4.78, 5) is 24.5. The molecule has 0 atom stereocenters. The Morgan fingerprint density at radius 2 is 1.96 bits per heavy atom. The van der Waals surface area contributed by atoms with Crippen LogP contribution >= 0.6 is 11.6 Å². The van der Waals surface area contributed by atoms with E-state index in [0.717, 1.165) is 15.8 Å². The minimum atomic E-state index is -0.369. The van der Waals surface area contributed by atoms with Crippen LogP contribution in [0.25, 0.3) is 11.3 Å². The molecule has 0 aliphatic carbocycles. The summed E-state index contributed by atoms with van der Waals surface area (Å²) in [5.74, 6) is 0.265. The number of carbonyl (C=O) groups is 1. The molecule has 138 valence electrons. The smallest absolute Gasteiger partial charge is 0.267 e. The fourth-order valence-electron chi connectivity index (χ4n) is 2.62. The summed E-state index contributed by atoms with van der Waals surface area (Å²) in [6.45, 7) is 1.65. The number of hydrogen-bond acceptors (Lipinski definition) is 4. The van der Waals surface area contributed by atoms with Crippen molar-refractivity contribution in [1.82, 2.24) is 9.78 Å². The molecule has 1 N–H and O–H groups in total. The molecular formula is C20H18ClN3O3. The van der Waals surface area contributed by atoms with Crippen LogP contribution in [0.5, 0.6) is 5.75 Å². The highest BCUT2D eigenvalue weighted by Gasteiger charge is 2.12. The number of benzene rings is 2. The largest absolute Gasteiger partial charge is 0.496 e. The van der Waals surface area contributed by atoms with Crippen LogP contribution in [0.15, 0.2) is 59.4 Å². The van der Waals surface area contributed by atoms with Crippen LogP contribution < -0.4 is 15.6 Å². The van der Waals surface area contributed by atoms with Crippen molar-refractivity contribution < 1.29 is 9.53 Å². The number of rotatable bonds is 5. The number of carbonyl (C=O) groups excluding carboxylic acids is 1. The first-order valence-corrected chi connectivity index (χ1v) is 8.63. The van der Waals surface area contributed by atoms with Gasteiger partial charge in [0.1, 0.15) is 12.3 Å². The number of methoxy groups -OCH3 is 1. The van der Waals surface area contributed by atoms with Crippen molar-refractivity contribution >= 4 is 23.2 Å². The number of nitrogens with zero attached hydrogens (tertiary/aromatic N) is 2. The van der Waals surface area contributed by atoms with Gasteiger partial charge in [-0.2, -0.15) is 5.10 Å². The number of nitrogens with one attached hydrogen (secondary N) is 1. The maximum Gasteiger partial charge on any atom is 0.267 e. The Kier molecular flexibility index (Phi) is 5.57. The van der Waals surface area contributed by atoms with E-state index in [1.54, 1.807) is 31.4 Å². The van der Waals surface area contributed by atoms with E-state index in [2.05, 4.69) is 10.4 Å². The third-order valence-electron chi connectivity index (χ3n) is 4.02. The molecule has 0 saturated carbocycles. The molecule has 1 aromatic heterocycles. The van der Waals surface area contributed by atoms with Crippen LogP contribution in [0.3, 0.4) is 0 Å². The van der Waals surface area contributed by atoms with Crippen LogP contribution in [0.4, 0.5) is 5.69 Å². The minimum absolute atomic E-state index is 0.215. The molecule has 0 aliphatic rings. The molecule has 3 aromatic rings. The van der Waals surface area contributed by atoms with Gasteiger partial charge in [0.25, 0.3) is 5.56 Å². The first-order chi connectivity index (χ1) is 13.0. The third-order valence-corrected chi connectivity index (χ3v) is 4.25. The van der Waals surface area contributed by atoms with Crippen molar-refractivity contribution in [3.8, 4) is 17.0 Å². The molecule has 0 saturated heterocycles. The molecule has 7 heteroatoms. The van der Waals surface area contributed by atoms with E-state index >= 15 is 0 Å². The molecule has 2 aromatic carbocycles. The van der Waals surface area contributed by atoms with Crippen LogP contribution in [-0.4, -0.2) is 22.8 Å². The molecule has 3 rings (SSSR count).